The van der Waals surface area contributed by atoms with E-state index in [1.807, 2.05) is 0 Å². The van der Waals surface area contributed by atoms with E-state index in [1.165, 1.54) is 23.5 Å². The Bertz CT molecular complexity index is 652. The molecule has 0 radical (unpaired) electrons. The number of halogens is 3. The monoisotopic (exact) mass is 377 g/mol. The summed E-state index contributed by atoms with van der Waals surface area (Å²) >= 11 is 1.39. The van der Waals surface area contributed by atoms with Gasteiger partial charge in [0.15, 0.2) is 0 Å². The van der Waals surface area contributed by atoms with Gasteiger partial charge < -0.3 is 15.8 Å². The van der Waals surface area contributed by atoms with Gasteiger partial charge in [-0.2, -0.15) is 8.78 Å². The molecule has 0 aliphatic carbocycles. The lowest BCUT2D eigenvalue weighted by molar-refractivity contribution is -0.0498. The van der Waals surface area contributed by atoms with Crippen LogP contribution in [0.5, 0.6) is 5.75 Å². The highest BCUT2D eigenvalue weighted by Crippen LogP contribution is 2.20. The maximum atomic E-state index is 12.1. The van der Waals surface area contributed by atoms with E-state index in [1.54, 1.807) is 24.4 Å². The Balaban J connectivity index is 0.00000288. The van der Waals surface area contributed by atoms with Crippen molar-refractivity contribution in [2.45, 2.75) is 26.0 Å². The third-order valence-corrected chi connectivity index (χ3v) is 4.00. The first-order chi connectivity index (χ1) is 11.0. The molecule has 0 saturated heterocycles. The summed E-state index contributed by atoms with van der Waals surface area (Å²) in [6, 6.07) is 5.84. The normalized spacial score (nSPS) is 11.7. The number of thiazole rings is 1. The molecule has 0 aliphatic heterocycles. The van der Waals surface area contributed by atoms with Crippen LogP contribution in [0.4, 0.5) is 8.78 Å². The Hall–Kier alpha value is -1.77. The zero-order chi connectivity index (χ0) is 16.8. The quantitative estimate of drug-likeness (QED) is 0.777. The van der Waals surface area contributed by atoms with Crippen LogP contribution < -0.4 is 15.8 Å². The summed E-state index contributed by atoms with van der Waals surface area (Å²) in [7, 11) is 0. The third-order valence-electron chi connectivity index (χ3n) is 3.10. The fourth-order valence-corrected chi connectivity index (χ4v) is 2.74. The average Bonchev–Trinajstić information content (AvgIpc) is 2.96. The predicted octanol–water partition coefficient (Wildman–Crippen LogP) is 3.16. The van der Waals surface area contributed by atoms with Gasteiger partial charge in [-0.3, -0.25) is 4.79 Å². The van der Waals surface area contributed by atoms with Crippen LogP contribution in [0.1, 0.15) is 34.0 Å². The maximum Gasteiger partial charge on any atom is 0.387 e. The van der Waals surface area contributed by atoms with Crippen LogP contribution in [0.3, 0.4) is 0 Å². The zero-order valence-corrected chi connectivity index (χ0v) is 14.5. The summed E-state index contributed by atoms with van der Waals surface area (Å²) in [5.74, 6) is -0.210. The van der Waals surface area contributed by atoms with Crippen LogP contribution in [-0.2, 0) is 6.42 Å². The smallest absolute Gasteiger partial charge is 0.387 e. The molecule has 1 unspecified atom stereocenters. The third kappa shape index (κ3) is 5.70. The first-order valence-electron chi connectivity index (χ1n) is 6.99. The molecule has 0 aliphatic rings. The van der Waals surface area contributed by atoms with E-state index in [0.717, 1.165) is 10.6 Å². The number of hydrogen-bond acceptors (Lipinski definition) is 5. The topological polar surface area (TPSA) is 77.2 Å². The lowest BCUT2D eigenvalue weighted by Crippen LogP contribution is -2.27. The number of carbonyl (C=O) groups is 1. The summed E-state index contributed by atoms with van der Waals surface area (Å²) in [6.45, 7) is -0.572. The molecule has 2 rings (SSSR count). The van der Waals surface area contributed by atoms with Crippen LogP contribution in [0, 0.1) is 0 Å². The molecular formula is C15H18ClF2N3O2S. The van der Waals surface area contributed by atoms with E-state index < -0.39 is 6.61 Å². The van der Waals surface area contributed by atoms with Crippen molar-refractivity contribution in [3.05, 3.63) is 45.9 Å². The van der Waals surface area contributed by atoms with E-state index in [2.05, 4.69) is 15.0 Å². The summed E-state index contributed by atoms with van der Waals surface area (Å²) in [5, 5.41) is 5.32. The van der Waals surface area contributed by atoms with Gasteiger partial charge in [0.1, 0.15) is 11.4 Å². The van der Waals surface area contributed by atoms with Crippen LogP contribution in [0.2, 0.25) is 0 Å². The molecule has 1 aromatic carbocycles. The number of hydrogen-bond donors (Lipinski definition) is 2. The molecule has 1 aromatic heterocycles. The summed E-state index contributed by atoms with van der Waals surface area (Å²) in [5.41, 5.74) is 6.58. The fourth-order valence-electron chi connectivity index (χ4n) is 1.95. The van der Waals surface area contributed by atoms with E-state index in [4.69, 9.17) is 5.73 Å². The number of nitrogens with two attached hydrogens (primary N) is 1. The molecule has 2 aromatic rings. The second-order valence-corrected chi connectivity index (χ2v) is 5.75. The number of rotatable bonds is 7. The summed E-state index contributed by atoms with van der Waals surface area (Å²) in [6.07, 6.45) is 0.638. The molecule has 0 fully saturated rings. The number of carbonyl (C=O) groups excluding carboxylic acids is 1. The molecule has 9 heteroatoms. The highest BCUT2D eigenvalue weighted by Gasteiger charge is 2.15. The van der Waals surface area contributed by atoms with Crippen molar-refractivity contribution < 1.29 is 18.3 Å². The molecule has 1 heterocycles. The Labute approximate surface area is 148 Å². The van der Waals surface area contributed by atoms with Gasteiger partial charge in [-0.25, -0.2) is 4.98 Å². The molecule has 132 valence electrons. The highest BCUT2D eigenvalue weighted by atomic mass is 35.5. The van der Waals surface area contributed by atoms with Gasteiger partial charge in [-0.05, 0) is 31.2 Å². The standard InChI is InChI=1S/C15H17F2N3O2S.ClH/c1-9(10-2-4-11(5-3-10)22-15(16)17)19-14(21)12-8-23-13(20-12)6-7-18;/h2-5,8-9,15H,6-7,18H2,1H3,(H,19,21);1H. The maximum absolute atomic E-state index is 12.1. The van der Waals surface area contributed by atoms with Crippen LogP contribution in [0.25, 0.3) is 0 Å². The molecule has 0 spiro atoms. The van der Waals surface area contributed by atoms with Gasteiger partial charge in [0, 0.05) is 11.8 Å². The number of alkyl halides is 2. The van der Waals surface area contributed by atoms with Gasteiger partial charge in [0.25, 0.3) is 5.91 Å². The average molecular weight is 378 g/mol. The lowest BCUT2D eigenvalue weighted by atomic mass is 10.1. The van der Waals surface area contributed by atoms with Gasteiger partial charge in [0.05, 0.1) is 11.0 Å². The largest absolute Gasteiger partial charge is 0.435 e. The van der Waals surface area contributed by atoms with Crippen LogP contribution in [-0.4, -0.2) is 24.0 Å². The molecular weight excluding hydrogens is 360 g/mol. The Morgan fingerprint density at radius 2 is 2.04 bits per heavy atom. The molecule has 3 N–H and O–H groups in total. The molecule has 5 nitrogen and oxygen atoms in total. The Morgan fingerprint density at radius 1 is 1.38 bits per heavy atom. The number of nitrogens with zero attached hydrogens (tertiary/aromatic N) is 1. The number of benzene rings is 1. The molecule has 1 atom stereocenters. The number of ether oxygens (including phenoxy) is 1. The Morgan fingerprint density at radius 3 is 2.62 bits per heavy atom. The fraction of sp³-hybridized carbons (Fsp3) is 0.333. The van der Waals surface area contributed by atoms with Crippen molar-refractivity contribution in [1.29, 1.82) is 0 Å². The highest BCUT2D eigenvalue weighted by molar-refractivity contribution is 7.09. The molecule has 24 heavy (non-hydrogen) atoms. The second kappa shape index (κ2) is 9.51. The predicted molar refractivity (Wildman–Crippen MR) is 91.1 cm³/mol. The second-order valence-electron chi connectivity index (χ2n) is 4.81. The first-order valence-corrected chi connectivity index (χ1v) is 7.87. The summed E-state index contributed by atoms with van der Waals surface area (Å²) < 4.78 is 28.5. The van der Waals surface area contributed by atoms with Gasteiger partial charge in [-0.15, -0.1) is 23.7 Å². The van der Waals surface area contributed by atoms with Gasteiger partial charge in [0.2, 0.25) is 0 Å². The van der Waals surface area contributed by atoms with Crippen LogP contribution >= 0.6 is 23.7 Å². The van der Waals surface area contributed by atoms with Crippen molar-refractivity contribution in [3.8, 4) is 5.75 Å². The minimum absolute atomic E-state index is 0. The first kappa shape index (κ1) is 20.3. The van der Waals surface area contributed by atoms with Crippen molar-refractivity contribution >= 4 is 29.7 Å². The van der Waals surface area contributed by atoms with Gasteiger partial charge >= 0.3 is 6.61 Å². The summed E-state index contributed by atoms with van der Waals surface area (Å²) in [4.78, 5) is 16.4. The SMILES string of the molecule is CC(NC(=O)c1csc(CCN)n1)c1ccc(OC(F)F)cc1.Cl. The molecule has 0 saturated carbocycles. The van der Waals surface area contributed by atoms with E-state index in [0.29, 0.717) is 18.7 Å². The minimum Gasteiger partial charge on any atom is -0.435 e. The van der Waals surface area contributed by atoms with Crippen molar-refractivity contribution in [1.82, 2.24) is 10.3 Å². The van der Waals surface area contributed by atoms with Crippen LogP contribution in [0.15, 0.2) is 29.6 Å². The van der Waals surface area contributed by atoms with Crippen molar-refractivity contribution in [2.24, 2.45) is 5.73 Å². The van der Waals surface area contributed by atoms with E-state index in [9.17, 15) is 13.6 Å². The number of nitrogens with one attached hydrogen (secondary N) is 1. The minimum atomic E-state index is -2.86. The number of amides is 1. The van der Waals surface area contributed by atoms with E-state index >= 15 is 0 Å². The van der Waals surface area contributed by atoms with Crippen molar-refractivity contribution in [2.75, 3.05) is 6.54 Å². The molecule has 0 bridgehead atoms. The van der Waals surface area contributed by atoms with Gasteiger partial charge in [-0.1, -0.05) is 12.1 Å². The zero-order valence-electron chi connectivity index (χ0n) is 12.9. The lowest BCUT2D eigenvalue weighted by Gasteiger charge is -2.14. The van der Waals surface area contributed by atoms with E-state index in [-0.39, 0.29) is 30.1 Å². The van der Waals surface area contributed by atoms with Crippen molar-refractivity contribution in [3.63, 3.8) is 0 Å². The number of aromatic nitrogens is 1. The Kier molecular flexibility index (Phi) is 8.03. The molecule has 1 amide bonds.